The van der Waals surface area contributed by atoms with Crippen molar-refractivity contribution < 1.29 is 14.3 Å². The zero-order valence-electron chi connectivity index (χ0n) is 10.6. The predicted octanol–water partition coefficient (Wildman–Crippen LogP) is 3.22. The predicted molar refractivity (Wildman–Crippen MR) is 79.7 cm³/mol. The van der Waals surface area contributed by atoms with Crippen LogP contribution in [-0.2, 0) is 16.1 Å². The number of carbonyl (C=O) groups excluding carboxylic acids is 2. The number of anilines is 1. The van der Waals surface area contributed by atoms with Crippen LogP contribution in [0.25, 0.3) is 0 Å². The van der Waals surface area contributed by atoms with Crippen molar-refractivity contribution in [3.05, 3.63) is 45.4 Å². The lowest BCUT2D eigenvalue weighted by atomic mass is 10.2. The molecule has 0 aliphatic heterocycles. The van der Waals surface area contributed by atoms with Crippen LogP contribution < -0.4 is 5.32 Å². The van der Waals surface area contributed by atoms with Gasteiger partial charge in [-0.1, -0.05) is 12.1 Å². The van der Waals surface area contributed by atoms with Gasteiger partial charge in [-0.3, -0.25) is 4.79 Å². The third-order valence-corrected chi connectivity index (χ3v) is 3.78. The van der Waals surface area contributed by atoms with Crippen molar-refractivity contribution in [3.63, 3.8) is 0 Å². The molecule has 2 rings (SSSR count). The second-order valence-corrected chi connectivity index (χ2v) is 5.59. The van der Waals surface area contributed by atoms with Crippen LogP contribution in [0.5, 0.6) is 0 Å². The molecule has 0 saturated heterocycles. The van der Waals surface area contributed by atoms with Crippen molar-refractivity contribution in [1.29, 1.82) is 0 Å². The van der Waals surface area contributed by atoms with Crippen LogP contribution in [0, 0.1) is 0 Å². The van der Waals surface area contributed by atoms with Crippen LogP contribution in [-0.4, -0.2) is 16.9 Å². The average molecular weight is 355 g/mol. The van der Waals surface area contributed by atoms with Crippen molar-refractivity contribution >= 4 is 44.3 Å². The second kappa shape index (κ2) is 6.62. The van der Waals surface area contributed by atoms with Gasteiger partial charge >= 0.3 is 5.97 Å². The van der Waals surface area contributed by atoms with E-state index in [4.69, 9.17) is 4.74 Å². The summed E-state index contributed by atoms with van der Waals surface area (Å²) in [4.78, 5) is 26.9. The summed E-state index contributed by atoms with van der Waals surface area (Å²) in [5.41, 5.74) is 1.06. The highest BCUT2D eigenvalue weighted by molar-refractivity contribution is 9.10. The van der Waals surface area contributed by atoms with E-state index in [0.29, 0.717) is 20.9 Å². The zero-order chi connectivity index (χ0) is 14.5. The molecular weight excluding hydrogens is 344 g/mol. The van der Waals surface area contributed by atoms with E-state index in [-0.39, 0.29) is 12.5 Å². The number of nitrogens with zero attached hydrogens (tertiary/aromatic N) is 1. The molecule has 0 atom stereocenters. The topological polar surface area (TPSA) is 68.3 Å². The molecule has 7 heteroatoms. The van der Waals surface area contributed by atoms with E-state index in [1.165, 1.54) is 18.3 Å². The van der Waals surface area contributed by atoms with Crippen molar-refractivity contribution in [2.75, 3.05) is 5.32 Å². The van der Waals surface area contributed by atoms with Crippen molar-refractivity contribution in [3.8, 4) is 0 Å². The van der Waals surface area contributed by atoms with Gasteiger partial charge in [0.2, 0.25) is 5.91 Å². The first kappa shape index (κ1) is 14.7. The number of nitrogens with one attached hydrogen (secondary N) is 1. The first-order valence-electron chi connectivity index (χ1n) is 5.70. The van der Waals surface area contributed by atoms with Crippen LogP contribution in [0.15, 0.2) is 34.1 Å². The lowest BCUT2D eigenvalue weighted by Gasteiger charge is -2.04. The summed E-state index contributed by atoms with van der Waals surface area (Å²) in [5, 5.41) is 4.80. The zero-order valence-corrected chi connectivity index (χ0v) is 13.0. The van der Waals surface area contributed by atoms with Crippen molar-refractivity contribution in [1.82, 2.24) is 4.98 Å². The Labute approximate surface area is 128 Å². The monoisotopic (exact) mass is 354 g/mol. The highest BCUT2D eigenvalue weighted by Gasteiger charge is 2.12. The summed E-state index contributed by atoms with van der Waals surface area (Å²) in [5.74, 6) is -0.609. The number of benzene rings is 1. The van der Waals surface area contributed by atoms with E-state index >= 15 is 0 Å². The minimum atomic E-state index is -0.424. The molecule has 0 unspecified atom stereocenters. The number of halogens is 1. The molecule has 104 valence electrons. The minimum absolute atomic E-state index is 0.0657. The van der Waals surface area contributed by atoms with Gasteiger partial charge in [-0.25, -0.2) is 9.78 Å². The van der Waals surface area contributed by atoms with Gasteiger partial charge in [0.15, 0.2) is 5.13 Å². The maximum absolute atomic E-state index is 11.9. The molecule has 5 nitrogen and oxygen atoms in total. The van der Waals surface area contributed by atoms with Gasteiger partial charge in [-0.05, 0) is 28.1 Å². The highest BCUT2D eigenvalue weighted by atomic mass is 79.9. The summed E-state index contributed by atoms with van der Waals surface area (Å²) in [7, 11) is 0. The molecule has 1 N–H and O–H groups in total. The van der Waals surface area contributed by atoms with Crippen molar-refractivity contribution in [2.24, 2.45) is 0 Å². The summed E-state index contributed by atoms with van der Waals surface area (Å²) < 4.78 is 5.86. The van der Waals surface area contributed by atoms with Crippen molar-refractivity contribution in [2.45, 2.75) is 13.5 Å². The van der Waals surface area contributed by atoms with Gasteiger partial charge in [-0.15, -0.1) is 11.3 Å². The Balaban J connectivity index is 1.95. The largest absolute Gasteiger partial charge is 0.456 e. The van der Waals surface area contributed by atoms with Gasteiger partial charge < -0.3 is 10.1 Å². The number of amides is 1. The first-order chi connectivity index (χ1) is 9.56. The van der Waals surface area contributed by atoms with Crippen LogP contribution in [0.3, 0.4) is 0 Å². The lowest BCUT2D eigenvalue weighted by molar-refractivity contribution is -0.114. The molecule has 0 saturated carbocycles. The van der Waals surface area contributed by atoms with E-state index in [9.17, 15) is 9.59 Å². The summed E-state index contributed by atoms with van der Waals surface area (Å²) in [6.07, 6.45) is 0. The van der Waals surface area contributed by atoms with Crippen LogP contribution in [0.1, 0.15) is 23.0 Å². The Bertz CT molecular complexity index is 642. The molecular formula is C13H11BrN2O3S. The standard InChI is InChI=1S/C13H11BrN2O3S/c1-8(17)15-13-16-9(7-20-13)6-19-12(18)10-4-2-3-5-11(10)14/h2-5,7H,6H2,1H3,(H,15,16,17). The third-order valence-electron chi connectivity index (χ3n) is 2.28. The molecule has 0 fully saturated rings. The van der Waals surface area contributed by atoms with Crippen LogP contribution in [0.4, 0.5) is 5.13 Å². The molecule has 0 aliphatic carbocycles. The Hall–Kier alpha value is -1.73. The van der Waals surface area contributed by atoms with Gasteiger partial charge in [0.1, 0.15) is 6.61 Å². The van der Waals surface area contributed by atoms with Gasteiger partial charge in [0.25, 0.3) is 0 Å². The maximum atomic E-state index is 11.9. The van der Waals surface area contributed by atoms with E-state index in [0.717, 1.165) is 0 Å². The Kier molecular flexibility index (Phi) is 4.86. The number of rotatable bonds is 4. The Morgan fingerprint density at radius 1 is 1.40 bits per heavy atom. The van der Waals surface area contributed by atoms with E-state index < -0.39 is 5.97 Å². The molecule has 1 heterocycles. The lowest BCUT2D eigenvalue weighted by Crippen LogP contribution is -2.07. The molecule has 0 spiro atoms. The molecule has 2 aromatic rings. The fourth-order valence-electron chi connectivity index (χ4n) is 1.43. The maximum Gasteiger partial charge on any atom is 0.339 e. The van der Waals surface area contributed by atoms with Crippen LogP contribution in [0.2, 0.25) is 0 Å². The average Bonchev–Trinajstić information content (AvgIpc) is 2.83. The minimum Gasteiger partial charge on any atom is -0.456 e. The van der Waals surface area contributed by atoms with E-state index in [1.807, 2.05) is 6.07 Å². The quantitative estimate of drug-likeness (QED) is 0.855. The van der Waals surface area contributed by atoms with Gasteiger partial charge in [-0.2, -0.15) is 0 Å². The fourth-order valence-corrected chi connectivity index (χ4v) is 2.61. The van der Waals surface area contributed by atoms with Gasteiger partial charge in [0.05, 0.1) is 11.3 Å². The van der Waals surface area contributed by atoms with Crippen LogP contribution >= 0.6 is 27.3 Å². The number of ether oxygens (including phenoxy) is 1. The number of thiazole rings is 1. The Morgan fingerprint density at radius 2 is 2.15 bits per heavy atom. The fraction of sp³-hybridized carbons (Fsp3) is 0.154. The highest BCUT2D eigenvalue weighted by Crippen LogP contribution is 2.19. The van der Waals surface area contributed by atoms with Gasteiger partial charge in [0, 0.05) is 16.8 Å². The number of esters is 1. The number of hydrogen-bond acceptors (Lipinski definition) is 5. The number of hydrogen-bond donors (Lipinski definition) is 1. The van der Waals surface area contributed by atoms with E-state index in [2.05, 4.69) is 26.2 Å². The SMILES string of the molecule is CC(=O)Nc1nc(COC(=O)c2ccccc2Br)cs1. The molecule has 0 aliphatic rings. The normalized spacial score (nSPS) is 10.1. The Morgan fingerprint density at radius 3 is 2.85 bits per heavy atom. The molecule has 1 aromatic heterocycles. The summed E-state index contributed by atoms with van der Waals surface area (Å²) in [6.45, 7) is 1.48. The number of carbonyl (C=O) groups is 2. The molecule has 1 aromatic carbocycles. The molecule has 20 heavy (non-hydrogen) atoms. The number of aromatic nitrogens is 1. The molecule has 1 amide bonds. The summed E-state index contributed by atoms with van der Waals surface area (Å²) in [6, 6.07) is 7.03. The van der Waals surface area contributed by atoms with E-state index in [1.54, 1.807) is 23.6 Å². The molecule has 0 radical (unpaired) electrons. The second-order valence-electron chi connectivity index (χ2n) is 3.88. The first-order valence-corrected chi connectivity index (χ1v) is 7.37. The third kappa shape index (κ3) is 3.88. The summed E-state index contributed by atoms with van der Waals surface area (Å²) >= 11 is 4.58. The smallest absolute Gasteiger partial charge is 0.339 e. The molecule has 0 bridgehead atoms.